The number of halogens is 1. The number of likely N-dealkylation sites (tertiary alicyclic amines) is 1. The minimum absolute atomic E-state index is 0.160. The Morgan fingerprint density at radius 3 is 3.09 bits per heavy atom. The Hall–Kier alpha value is -1.75. The third-order valence-corrected chi connectivity index (χ3v) is 5.31. The zero-order chi connectivity index (χ0) is 16.2. The predicted molar refractivity (Wildman–Crippen MR) is 90.9 cm³/mol. The van der Waals surface area contributed by atoms with Gasteiger partial charge in [0.05, 0.1) is 12.1 Å². The second-order valence-corrected chi connectivity index (χ2v) is 6.83. The van der Waals surface area contributed by atoms with Gasteiger partial charge in [-0.2, -0.15) is 0 Å². The molecule has 3 rings (SSSR count). The molecule has 0 radical (unpaired) electrons. The van der Waals surface area contributed by atoms with Gasteiger partial charge in [0, 0.05) is 23.5 Å². The van der Waals surface area contributed by atoms with E-state index in [-0.39, 0.29) is 11.7 Å². The van der Waals surface area contributed by atoms with Gasteiger partial charge in [-0.1, -0.05) is 19.1 Å². The van der Waals surface area contributed by atoms with Crippen LogP contribution in [0, 0.1) is 5.82 Å². The van der Waals surface area contributed by atoms with Gasteiger partial charge < -0.3 is 4.90 Å². The van der Waals surface area contributed by atoms with E-state index in [2.05, 4.69) is 11.9 Å². The molecule has 5 heteroatoms. The second kappa shape index (κ2) is 7.21. The number of aromatic nitrogens is 1. The molecule has 1 saturated heterocycles. The first kappa shape index (κ1) is 16.1. The lowest BCUT2D eigenvalue weighted by molar-refractivity contribution is -0.134. The normalized spacial score (nSPS) is 18.2. The highest BCUT2D eigenvalue weighted by Crippen LogP contribution is 2.25. The first-order valence-corrected chi connectivity index (χ1v) is 9.05. The van der Waals surface area contributed by atoms with Gasteiger partial charge in [0.25, 0.3) is 0 Å². The number of nitrogens with zero attached hydrogens (tertiary/aromatic N) is 2. The Labute approximate surface area is 140 Å². The van der Waals surface area contributed by atoms with Crippen LogP contribution in [0.2, 0.25) is 0 Å². The number of amides is 1. The monoisotopic (exact) mass is 332 g/mol. The van der Waals surface area contributed by atoms with Gasteiger partial charge in [-0.25, -0.2) is 9.37 Å². The minimum atomic E-state index is -0.269. The smallest absolute Gasteiger partial charge is 0.228 e. The van der Waals surface area contributed by atoms with Gasteiger partial charge in [0.15, 0.2) is 0 Å². The van der Waals surface area contributed by atoms with Crippen LogP contribution in [0.25, 0.3) is 10.6 Å². The molecule has 1 amide bonds. The van der Waals surface area contributed by atoms with Crippen LogP contribution in [0.3, 0.4) is 0 Å². The van der Waals surface area contributed by atoms with Gasteiger partial charge in [-0.3, -0.25) is 4.79 Å². The summed E-state index contributed by atoms with van der Waals surface area (Å²) in [6, 6.07) is 6.78. The van der Waals surface area contributed by atoms with Crippen LogP contribution in [0.4, 0.5) is 4.39 Å². The van der Waals surface area contributed by atoms with E-state index in [9.17, 15) is 9.18 Å². The number of rotatable bonds is 4. The molecule has 0 saturated carbocycles. The summed E-state index contributed by atoms with van der Waals surface area (Å²) in [5, 5.41) is 2.67. The van der Waals surface area contributed by atoms with Gasteiger partial charge in [-0.05, 0) is 37.8 Å². The second-order valence-electron chi connectivity index (χ2n) is 5.98. The topological polar surface area (TPSA) is 33.2 Å². The molecule has 23 heavy (non-hydrogen) atoms. The lowest BCUT2D eigenvalue weighted by Crippen LogP contribution is -2.44. The maximum absolute atomic E-state index is 13.3. The molecule has 1 atom stereocenters. The van der Waals surface area contributed by atoms with Crippen LogP contribution in [0.15, 0.2) is 29.6 Å². The SMILES string of the molecule is CCC1CCCCN1C(=O)Cc1csc(-c2cccc(F)c2)n1. The molecule has 2 heterocycles. The number of thiazole rings is 1. The van der Waals surface area contributed by atoms with Gasteiger partial charge in [-0.15, -0.1) is 11.3 Å². The van der Waals surface area contributed by atoms with Gasteiger partial charge in [0.1, 0.15) is 10.8 Å². The summed E-state index contributed by atoms with van der Waals surface area (Å²) in [5.41, 5.74) is 1.54. The first-order chi connectivity index (χ1) is 11.2. The van der Waals surface area contributed by atoms with E-state index in [1.807, 2.05) is 16.3 Å². The summed E-state index contributed by atoms with van der Waals surface area (Å²) in [5.74, 6) is -0.109. The summed E-state index contributed by atoms with van der Waals surface area (Å²) >= 11 is 1.46. The fraction of sp³-hybridized carbons (Fsp3) is 0.444. The quantitative estimate of drug-likeness (QED) is 0.837. The van der Waals surface area contributed by atoms with Crippen molar-refractivity contribution in [1.82, 2.24) is 9.88 Å². The number of hydrogen-bond acceptors (Lipinski definition) is 3. The molecule has 1 fully saturated rings. The highest BCUT2D eigenvalue weighted by Gasteiger charge is 2.25. The Morgan fingerprint density at radius 2 is 2.30 bits per heavy atom. The number of hydrogen-bond donors (Lipinski definition) is 0. The summed E-state index contributed by atoms with van der Waals surface area (Å²) in [6.07, 6.45) is 4.75. The van der Waals surface area contributed by atoms with Crippen LogP contribution in [-0.2, 0) is 11.2 Å². The number of benzene rings is 1. The number of carbonyl (C=O) groups excluding carboxylic acids is 1. The van der Waals surface area contributed by atoms with Crippen molar-refractivity contribution in [2.45, 2.75) is 45.1 Å². The van der Waals surface area contributed by atoms with Crippen molar-refractivity contribution in [1.29, 1.82) is 0 Å². The van der Waals surface area contributed by atoms with Crippen molar-refractivity contribution in [3.8, 4) is 10.6 Å². The lowest BCUT2D eigenvalue weighted by atomic mass is 9.99. The van der Waals surface area contributed by atoms with E-state index >= 15 is 0 Å². The molecule has 1 aliphatic heterocycles. The van der Waals surface area contributed by atoms with Crippen molar-refractivity contribution < 1.29 is 9.18 Å². The van der Waals surface area contributed by atoms with Crippen LogP contribution >= 0.6 is 11.3 Å². The van der Waals surface area contributed by atoms with E-state index in [0.29, 0.717) is 12.5 Å². The number of piperidine rings is 1. The summed E-state index contributed by atoms with van der Waals surface area (Å²) < 4.78 is 13.3. The molecule has 0 aliphatic carbocycles. The predicted octanol–water partition coefficient (Wildman–Crippen LogP) is 4.28. The van der Waals surface area contributed by atoms with E-state index in [0.717, 1.165) is 42.1 Å². The average molecular weight is 332 g/mol. The highest BCUT2D eigenvalue weighted by atomic mass is 32.1. The van der Waals surface area contributed by atoms with E-state index in [1.165, 1.54) is 29.9 Å². The third-order valence-electron chi connectivity index (χ3n) is 4.37. The van der Waals surface area contributed by atoms with Crippen molar-refractivity contribution >= 4 is 17.2 Å². The van der Waals surface area contributed by atoms with Crippen molar-refractivity contribution in [2.24, 2.45) is 0 Å². The number of carbonyl (C=O) groups is 1. The molecule has 1 unspecified atom stereocenters. The zero-order valence-corrected chi connectivity index (χ0v) is 14.1. The Balaban J connectivity index is 1.70. The summed E-state index contributed by atoms with van der Waals surface area (Å²) in [7, 11) is 0. The van der Waals surface area contributed by atoms with Crippen LogP contribution < -0.4 is 0 Å². The van der Waals surface area contributed by atoms with Crippen LogP contribution in [-0.4, -0.2) is 28.4 Å². The molecule has 1 aromatic carbocycles. The Morgan fingerprint density at radius 1 is 1.43 bits per heavy atom. The van der Waals surface area contributed by atoms with Crippen molar-refractivity contribution in [3.63, 3.8) is 0 Å². The third kappa shape index (κ3) is 3.78. The molecular formula is C18H21FN2OS. The molecular weight excluding hydrogens is 311 g/mol. The van der Waals surface area contributed by atoms with E-state index < -0.39 is 0 Å². The van der Waals surface area contributed by atoms with E-state index in [1.54, 1.807) is 6.07 Å². The average Bonchev–Trinajstić information content (AvgIpc) is 3.03. The lowest BCUT2D eigenvalue weighted by Gasteiger charge is -2.35. The first-order valence-electron chi connectivity index (χ1n) is 8.17. The molecule has 2 aromatic rings. The Bertz CT molecular complexity index is 685. The van der Waals surface area contributed by atoms with E-state index in [4.69, 9.17) is 0 Å². The molecule has 0 spiro atoms. The maximum atomic E-state index is 13.3. The van der Waals surface area contributed by atoms with Crippen molar-refractivity contribution in [3.05, 3.63) is 41.2 Å². The summed E-state index contributed by atoms with van der Waals surface area (Å²) in [4.78, 5) is 19.1. The molecule has 0 bridgehead atoms. The summed E-state index contributed by atoms with van der Waals surface area (Å²) in [6.45, 7) is 3.00. The van der Waals surface area contributed by atoms with Crippen LogP contribution in [0.1, 0.15) is 38.3 Å². The maximum Gasteiger partial charge on any atom is 0.228 e. The fourth-order valence-electron chi connectivity index (χ4n) is 3.15. The molecule has 1 aliphatic rings. The fourth-order valence-corrected chi connectivity index (χ4v) is 3.97. The molecule has 122 valence electrons. The zero-order valence-electron chi connectivity index (χ0n) is 13.3. The van der Waals surface area contributed by atoms with Crippen molar-refractivity contribution in [2.75, 3.05) is 6.54 Å². The van der Waals surface area contributed by atoms with Crippen LogP contribution in [0.5, 0.6) is 0 Å². The molecule has 3 nitrogen and oxygen atoms in total. The van der Waals surface area contributed by atoms with Gasteiger partial charge >= 0.3 is 0 Å². The van der Waals surface area contributed by atoms with Gasteiger partial charge in [0.2, 0.25) is 5.91 Å². The molecule has 1 aromatic heterocycles. The Kier molecular flexibility index (Phi) is 5.06. The highest BCUT2D eigenvalue weighted by molar-refractivity contribution is 7.13. The largest absolute Gasteiger partial charge is 0.339 e. The minimum Gasteiger partial charge on any atom is -0.339 e. The molecule has 0 N–H and O–H groups in total. The standard InChI is InChI=1S/C18H21FN2OS/c1-2-16-8-3-4-9-21(16)17(22)11-15-12-23-18(20-15)13-6-5-7-14(19)10-13/h5-7,10,12,16H,2-4,8-9,11H2,1H3.